The number of fused-ring (bicyclic) bond motifs is 2. The minimum atomic E-state index is -0.0311. The number of hydrogen-bond donors (Lipinski definition) is 3. The van der Waals surface area contributed by atoms with E-state index in [9.17, 15) is 4.79 Å². The van der Waals surface area contributed by atoms with E-state index in [1.54, 1.807) is 24.8 Å². The number of aliphatic imine (C=N–C) groups is 1. The van der Waals surface area contributed by atoms with Crippen LogP contribution in [-0.4, -0.2) is 53.8 Å². The maximum Gasteiger partial charge on any atom is 0.224 e. The highest BCUT2D eigenvalue weighted by atomic mass is 16.1. The first-order valence-electron chi connectivity index (χ1n) is 11.8. The van der Waals surface area contributed by atoms with E-state index in [4.69, 9.17) is 4.98 Å². The second-order valence-corrected chi connectivity index (χ2v) is 8.67. The summed E-state index contributed by atoms with van der Waals surface area (Å²) in [5.74, 6) is 0.755. The number of carbonyl (C=O) groups excluding carboxylic acids is 1. The number of nitrogens with zero attached hydrogens (tertiary/aromatic N) is 6. The van der Waals surface area contributed by atoms with Crippen molar-refractivity contribution < 1.29 is 4.79 Å². The van der Waals surface area contributed by atoms with E-state index in [1.165, 1.54) is 0 Å². The standard InChI is InChI=1S/C26H23N9O/c1-2-4-22(36)31-18-7-16(10-28-12-18)17-8-19-24(34-35-25(19)30-11-17)26-32-21-14-29-13-20(23(21)33-26)15-5-3-6-27-9-15/h3,5-8,10-15H,2,4,9H2,1H3,(H,31,36)(H,32,33)(H,30,34,35). The third-order valence-corrected chi connectivity index (χ3v) is 6.14. The Kier molecular flexibility index (Phi) is 5.53. The summed E-state index contributed by atoms with van der Waals surface area (Å²) in [7, 11) is 0. The highest BCUT2D eigenvalue weighted by Crippen LogP contribution is 2.32. The number of rotatable bonds is 6. The monoisotopic (exact) mass is 477 g/mol. The zero-order valence-electron chi connectivity index (χ0n) is 19.6. The average Bonchev–Trinajstić information content (AvgIpc) is 3.53. The summed E-state index contributed by atoms with van der Waals surface area (Å²) in [6.07, 6.45) is 15.9. The van der Waals surface area contributed by atoms with Gasteiger partial charge in [0.05, 0.1) is 34.5 Å². The average molecular weight is 478 g/mol. The highest BCUT2D eigenvalue weighted by Gasteiger charge is 2.19. The summed E-state index contributed by atoms with van der Waals surface area (Å²) in [4.78, 5) is 37.9. The van der Waals surface area contributed by atoms with Crippen molar-refractivity contribution in [3.63, 3.8) is 0 Å². The molecule has 1 unspecified atom stereocenters. The summed E-state index contributed by atoms with van der Waals surface area (Å²) in [6, 6.07) is 3.89. The van der Waals surface area contributed by atoms with Gasteiger partial charge in [-0.3, -0.25) is 24.9 Å². The predicted molar refractivity (Wildman–Crippen MR) is 139 cm³/mol. The number of H-pyrrole nitrogens is 2. The molecule has 36 heavy (non-hydrogen) atoms. The molecule has 1 aliphatic heterocycles. The molecule has 6 heterocycles. The van der Waals surface area contributed by atoms with Gasteiger partial charge in [0.2, 0.25) is 5.91 Å². The summed E-state index contributed by atoms with van der Waals surface area (Å²) in [5.41, 5.74) is 6.39. The van der Waals surface area contributed by atoms with Gasteiger partial charge in [0.25, 0.3) is 0 Å². The fourth-order valence-electron chi connectivity index (χ4n) is 4.38. The number of aromatic amines is 2. The van der Waals surface area contributed by atoms with E-state index >= 15 is 0 Å². The Balaban J connectivity index is 1.38. The van der Waals surface area contributed by atoms with E-state index < -0.39 is 0 Å². The van der Waals surface area contributed by atoms with Crippen LogP contribution >= 0.6 is 0 Å². The van der Waals surface area contributed by atoms with Crippen molar-refractivity contribution in [3.05, 3.63) is 60.8 Å². The van der Waals surface area contributed by atoms with Crippen molar-refractivity contribution in [1.82, 2.24) is 35.1 Å². The molecule has 0 saturated carbocycles. The van der Waals surface area contributed by atoms with Crippen LogP contribution in [0.3, 0.4) is 0 Å². The largest absolute Gasteiger partial charge is 0.335 e. The van der Waals surface area contributed by atoms with Crippen molar-refractivity contribution >= 4 is 39.9 Å². The minimum Gasteiger partial charge on any atom is -0.335 e. The summed E-state index contributed by atoms with van der Waals surface area (Å²) < 4.78 is 0. The number of allylic oxidation sites excluding steroid dienone is 1. The zero-order valence-corrected chi connectivity index (χ0v) is 19.6. The zero-order chi connectivity index (χ0) is 24.5. The van der Waals surface area contributed by atoms with Crippen LogP contribution in [0.1, 0.15) is 31.2 Å². The molecule has 6 rings (SSSR count). The molecule has 0 aromatic carbocycles. The molecule has 0 aliphatic carbocycles. The van der Waals surface area contributed by atoms with Crippen LogP contribution in [0.2, 0.25) is 0 Å². The SMILES string of the molecule is CCCC(=O)Nc1cncc(-c2cnc3n[nH]c(-c4nc5c(C6C=CC=NC6)cncc5[nH]4)c3c2)c1. The Morgan fingerprint density at radius 2 is 2.00 bits per heavy atom. The van der Waals surface area contributed by atoms with E-state index in [1.807, 2.05) is 37.5 Å². The van der Waals surface area contributed by atoms with Crippen molar-refractivity contribution in [3.8, 4) is 22.6 Å². The van der Waals surface area contributed by atoms with Crippen LogP contribution < -0.4 is 5.32 Å². The summed E-state index contributed by atoms with van der Waals surface area (Å²) >= 11 is 0. The molecular formula is C26H23N9O. The number of hydrogen-bond acceptors (Lipinski definition) is 7. The number of carbonyl (C=O) groups is 1. The molecule has 0 fully saturated rings. The molecule has 10 nitrogen and oxygen atoms in total. The fourth-order valence-corrected chi connectivity index (χ4v) is 4.38. The van der Waals surface area contributed by atoms with Gasteiger partial charge in [-0.15, -0.1) is 0 Å². The molecule has 1 aliphatic rings. The second kappa shape index (κ2) is 9.14. The maximum absolute atomic E-state index is 12.0. The van der Waals surface area contributed by atoms with Crippen molar-refractivity contribution in [2.24, 2.45) is 4.99 Å². The van der Waals surface area contributed by atoms with Crippen molar-refractivity contribution in [2.45, 2.75) is 25.7 Å². The van der Waals surface area contributed by atoms with Gasteiger partial charge in [-0.25, -0.2) is 9.97 Å². The lowest BCUT2D eigenvalue weighted by Crippen LogP contribution is -2.10. The van der Waals surface area contributed by atoms with Gasteiger partial charge in [-0.05, 0) is 24.6 Å². The Morgan fingerprint density at radius 1 is 1.11 bits per heavy atom. The van der Waals surface area contributed by atoms with Gasteiger partial charge in [0.15, 0.2) is 11.5 Å². The van der Waals surface area contributed by atoms with Crippen LogP contribution in [0.5, 0.6) is 0 Å². The molecule has 5 aromatic rings. The van der Waals surface area contributed by atoms with Gasteiger partial charge < -0.3 is 10.3 Å². The topological polar surface area (TPSA) is 137 Å². The van der Waals surface area contributed by atoms with Crippen LogP contribution in [0.15, 0.2) is 60.3 Å². The number of aromatic nitrogens is 7. The number of anilines is 1. The Labute approximate surface area is 206 Å². The number of dihydropyridines is 1. The summed E-state index contributed by atoms with van der Waals surface area (Å²) in [6.45, 7) is 2.64. The molecule has 178 valence electrons. The highest BCUT2D eigenvalue weighted by molar-refractivity contribution is 5.95. The first kappa shape index (κ1) is 21.8. The normalized spacial score (nSPS) is 15.1. The molecule has 0 saturated heterocycles. The minimum absolute atomic E-state index is 0.0311. The third-order valence-electron chi connectivity index (χ3n) is 6.14. The van der Waals surface area contributed by atoms with Crippen LogP contribution in [0.25, 0.3) is 44.7 Å². The summed E-state index contributed by atoms with van der Waals surface area (Å²) in [5, 5.41) is 11.2. The van der Waals surface area contributed by atoms with Crippen molar-refractivity contribution in [2.75, 3.05) is 11.9 Å². The molecule has 0 bridgehead atoms. The molecule has 1 amide bonds. The number of pyridine rings is 3. The number of amides is 1. The van der Waals surface area contributed by atoms with Crippen molar-refractivity contribution in [1.29, 1.82) is 0 Å². The second-order valence-electron chi connectivity index (χ2n) is 8.67. The Hall–Kier alpha value is -4.73. The molecule has 10 heteroatoms. The van der Waals surface area contributed by atoms with E-state index in [0.29, 0.717) is 30.1 Å². The fraction of sp³-hybridized carbons (Fsp3) is 0.192. The first-order valence-corrected chi connectivity index (χ1v) is 11.8. The van der Waals surface area contributed by atoms with Gasteiger partial charge in [-0.1, -0.05) is 13.0 Å². The predicted octanol–water partition coefficient (Wildman–Crippen LogP) is 4.42. The van der Waals surface area contributed by atoms with E-state index in [0.717, 1.165) is 45.2 Å². The van der Waals surface area contributed by atoms with Crippen LogP contribution in [-0.2, 0) is 4.79 Å². The quantitative estimate of drug-likeness (QED) is 0.331. The van der Waals surface area contributed by atoms with Crippen LogP contribution in [0.4, 0.5) is 5.69 Å². The smallest absolute Gasteiger partial charge is 0.224 e. The van der Waals surface area contributed by atoms with Crippen LogP contribution in [0, 0.1) is 0 Å². The molecule has 0 spiro atoms. The Morgan fingerprint density at radius 3 is 2.86 bits per heavy atom. The molecule has 0 radical (unpaired) electrons. The molecule has 3 N–H and O–H groups in total. The van der Waals surface area contributed by atoms with E-state index in [2.05, 4.69) is 46.5 Å². The maximum atomic E-state index is 12.0. The lowest BCUT2D eigenvalue weighted by Gasteiger charge is -2.12. The molecule has 5 aromatic heterocycles. The number of imidazole rings is 1. The first-order chi connectivity index (χ1) is 17.7. The lowest BCUT2D eigenvalue weighted by molar-refractivity contribution is -0.116. The van der Waals surface area contributed by atoms with Gasteiger partial charge in [0.1, 0.15) is 5.69 Å². The molecule has 1 atom stereocenters. The van der Waals surface area contributed by atoms with E-state index in [-0.39, 0.29) is 11.8 Å². The van der Waals surface area contributed by atoms with Gasteiger partial charge in [-0.2, -0.15) is 5.10 Å². The molecular weight excluding hydrogens is 454 g/mol. The van der Waals surface area contributed by atoms with Gasteiger partial charge in [0, 0.05) is 60.4 Å². The lowest BCUT2D eigenvalue weighted by atomic mass is 9.98. The third kappa shape index (κ3) is 4.02. The van der Waals surface area contributed by atoms with Gasteiger partial charge >= 0.3 is 0 Å². The number of nitrogens with one attached hydrogen (secondary N) is 3. The Bertz CT molecular complexity index is 1650.